The summed E-state index contributed by atoms with van der Waals surface area (Å²) in [6, 6.07) is 30.6. The summed E-state index contributed by atoms with van der Waals surface area (Å²) in [6.45, 7) is 0. The van der Waals surface area contributed by atoms with E-state index in [4.69, 9.17) is 9.97 Å². The molecule has 34 heavy (non-hydrogen) atoms. The molecule has 4 aromatic carbocycles. The number of nitrogens with zero attached hydrogens (tertiary/aromatic N) is 3. The van der Waals surface area contributed by atoms with E-state index in [1.165, 1.54) is 24.3 Å². The first-order valence-corrected chi connectivity index (χ1v) is 10.6. The van der Waals surface area contributed by atoms with Crippen LogP contribution in [0.25, 0.3) is 33.5 Å². The van der Waals surface area contributed by atoms with Crippen LogP contribution in [0.15, 0.2) is 103 Å². The Balaban J connectivity index is 1.44. The van der Waals surface area contributed by atoms with Gasteiger partial charge in [0.1, 0.15) is 0 Å². The van der Waals surface area contributed by atoms with Crippen molar-refractivity contribution < 1.29 is 9.72 Å². The lowest BCUT2D eigenvalue weighted by Gasteiger charge is -2.10. The van der Waals surface area contributed by atoms with Crippen molar-refractivity contribution >= 4 is 28.2 Å². The number of anilines is 1. The molecular formula is C27H18N4O3. The van der Waals surface area contributed by atoms with Crippen LogP contribution in [0.2, 0.25) is 0 Å². The molecule has 1 heterocycles. The van der Waals surface area contributed by atoms with Crippen LogP contribution >= 0.6 is 0 Å². The first kappa shape index (κ1) is 21.0. The van der Waals surface area contributed by atoms with E-state index in [9.17, 15) is 14.9 Å². The zero-order valence-electron chi connectivity index (χ0n) is 17.9. The third-order valence-electron chi connectivity index (χ3n) is 5.39. The van der Waals surface area contributed by atoms with E-state index in [-0.39, 0.29) is 11.6 Å². The minimum atomic E-state index is -0.500. The van der Waals surface area contributed by atoms with E-state index in [0.29, 0.717) is 17.1 Å². The molecule has 1 aromatic heterocycles. The summed E-state index contributed by atoms with van der Waals surface area (Å²) in [5, 5.41) is 14.6. The van der Waals surface area contributed by atoms with Gasteiger partial charge in [-0.2, -0.15) is 0 Å². The molecule has 0 aliphatic carbocycles. The summed E-state index contributed by atoms with van der Waals surface area (Å²) in [6.07, 6.45) is 0. The molecule has 7 heteroatoms. The fourth-order valence-corrected chi connectivity index (χ4v) is 3.66. The largest absolute Gasteiger partial charge is 0.322 e. The monoisotopic (exact) mass is 446 g/mol. The maximum atomic E-state index is 12.5. The van der Waals surface area contributed by atoms with Gasteiger partial charge < -0.3 is 5.32 Å². The third-order valence-corrected chi connectivity index (χ3v) is 5.39. The summed E-state index contributed by atoms with van der Waals surface area (Å²) >= 11 is 0. The lowest BCUT2D eigenvalue weighted by atomic mass is 10.0. The molecule has 1 amide bonds. The molecule has 0 saturated carbocycles. The molecule has 0 radical (unpaired) electrons. The Kier molecular flexibility index (Phi) is 5.50. The Labute approximate surface area is 194 Å². The number of non-ortho nitro benzene ring substituents is 1. The molecule has 0 aliphatic rings. The second-order valence-electron chi connectivity index (χ2n) is 7.61. The predicted molar refractivity (Wildman–Crippen MR) is 131 cm³/mol. The molecule has 164 valence electrons. The van der Waals surface area contributed by atoms with Gasteiger partial charge in [0.15, 0.2) is 5.82 Å². The highest BCUT2D eigenvalue weighted by atomic mass is 16.6. The van der Waals surface area contributed by atoms with E-state index in [0.717, 1.165) is 27.7 Å². The Morgan fingerprint density at radius 3 is 2.12 bits per heavy atom. The van der Waals surface area contributed by atoms with Gasteiger partial charge in [-0.1, -0.05) is 60.7 Å². The molecule has 1 N–H and O–H groups in total. The summed E-state index contributed by atoms with van der Waals surface area (Å²) in [5.41, 5.74) is 4.36. The van der Waals surface area contributed by atoms with Crippen molar-refractivity contribution in [2.45, 2.75) is 0 Å². The number of rotatable bonds is 5. The van der Waals surface area contributed by atoms with Gasteiger partial charge in [0.05, 0.1) is 16.1 Å². The second kappa shape index (κ2) is 8.91. The van der Waals surface area contributed by atoms with Crippen LogP contribution in [0.4, 0.5) is 11.4 Å². The third kappa shape index (κ3) is 4.22. The van der Waals surface area contributed by atoms with Gasteiger partial charge in [-0.25, -0.2) is 9.97 Å². The normalized spacial score (nSPS) is 10.7. The van der Waals surface area contributed by atoms with Crippen molar-refractivity contribution in [2.24, 2.45) is 0 Å². The number of aromatic nitrogens is 2. The lowest BCUT2D eigenvalue weighted by molar-refractivity contribution is -0.384. The number of hydrogen-bond acceptors (Lipinski definition) is 5. The lowest BCUT2D eigenvalue weighted by Crippen LogP contribution is -2.11. The SMILES string of the molecule is O=C(Nc1ccc(-c2nc(-c3ccccc3)nc3ccccc23)cc1)c1ccc([N+](=O)[O-])cc1. The van der Waals surface area contributed by atoms with Gasteiger partial charge in [-0.3, -0.25) is 14.9 Å². The molecule has 0 saturated heterocycles. The van der Waals surface area contributed by atoms with Crippen molar-refractivity contribution in [1.29, 1.82) is 0 Å². The van der Waals surface area contributed by atoms with Crippen molar-refractivity contribution in [3.8, 4) is 22.6 Å². The fourth-order valence-electron chi connectivity index (χ4n) is 3.66. The number of nitro groups is 1. The van der Waals surface area contributed by atoms with Crippen molar-refractivity contribution in [3.05, 3.63) is 119 Å². The fraction of sp³-hybridized carbons (Fsp3) is 0. The van der Waals surface area contributed by atoms with Gasteiger partial charge in [0.2, 0.25) is 0 Å². The highest BCUT2D eigenvalue weighted by Crippen LogP contribution is 2.30. The highest BCUT2D eigenvalue weighted by Gasteiger charge is 2.13. The number of nitrogens with one attached hydrogen (secondary N) is 1. The first-order valence-electron chi connectivity index (χ1n) is 10.6. The summed E-state index contributed by atoms with van der Waals surface area (Å²) in [7, 11) is 0. The van der Waals surface area contributed by atoms with Crippen molar-refractivity contribution in [2.75, 3.05) is 5.32 Å². The minimum Gasteiger partial charge on any atom is -0.322 e. The number of fused-ring (bicyclic) bond motifs is 1. The number of amides is 1. The highest BCUT2D eigenvalue weighted by molar-refractivity contribution is 6.04. The molecule has 5 rings (SSSR count). The number of nitro benzene ring substituents is 1. The van der Waals surface area contributed by atoms with Gasteiger partial charge >= 0.3 is 0 Å². The van der Waals surface area contributed by atoms with Crippen LogP contribution in [0.3, 0.4) is 0 Å². The predicted octanol–water partition coefficient (Wildman–Crippen LogP) is 6.12. The van der Waals surface area contributed by atoms with E-state index in [1.54, 1.807) is 12.1 Å². The number of carbonyl (C=O) groups is 1. The number of para-hydroxylation sites is 1. The summed E-state index contributed by atoms with van der Waals surface area (Å²) in [4.78, 5) is 32.4. The molecule has 0 unspecified atom stereocenters. The molecular weight excluding hydrogens is 428 g/mol. The zero-order chi connectivity index (χ0) is 23.5. The van der Waals surface area contributed by atoms with Crippen LogP contribution in [0, 0.1) is 10.1 Å². The average molecular weight is 446 g/mol. The van der Waals surface area contributed by atoms with Crippen LogP contribution in [0.1, 0.15) is 10.4 Å². The van der Waals surface area contributed by atoms with Crippen molar-refractivity contribution in [3.63, 3.8) is 0 Å². The number of benzene rings is 4. The van der Waals surface area contributed by atoms with Crippen LogP contribution in [0.5, 0.6) is 0 Å². The molecule has 5 aromatic rings. The Morgan fingerprint density at radius 1 is 0.735 bits per heavy atom. The van der Waals surface area contributed by atoms with Crippen LogP contribution in [-0.4, -0.2) is 20.8 Å². The topological polar surface area (TPSA) is 98.0 Å². The quantitative estimate of drug-likeness (QED) is 0.259. The second-order valence-corrected chi connectivity index (χ2v) is 7.61. The van der Waals surface area contributed by atoms with Gasteiger partial charge in [-0.05, 0) is 30.3 Å². The molecule has 0 bridgehead atoms. The molecule has 7 nitrogen and oxygen atoms in total. The summed E-state index contributed by atoms with van der Waals surface area (Å²) < 4.78 is 0. The van der Waals surface area contributed by atoms with Gasteiger partial charge in [0.25, 0.3) is 11.6 Å². The maximum Gasteiger partial charge on any atom is 0.269 e. The van der Waals surface area contributed by atoms with E-state index in [1.807, 2.05) is 66.7 Å². The molecule has 0 aliphatic heterocycles. The Morgan fingerprint density at radius 2 is 1.41 bits per heavy atom. The Hall–Kier alpha value is -4.91. The van der Waals surface area contributed by atoms with E-state index in [2.05, 4.69) is 5.32 Å². The van der Waals surface area contributed by atoms with Crippen LogP contribution in [-0.2, 0) is 0 Å². The zero-order valence-corrected chi connectivity index (χ0v) is 17.9. The van der Waals surface area contributed by atoms with Gasteiger partial charge in [0, 0.05) is 39.9 Å². The van der Waals surface area contributed by atoms with Crippen LogP contribution < -0.4 is 5.32 Å². The minimum absolute atomic E-state index is 0.0622. The number of hydrogen-bond donors (Lipinski definition) is 1. The molecule has 0 fully saturated rings. The average Bonchev–Trinajstić information content (AvgIpc) is 2.89. The van der Waals surface area contributed by atoms with E-state index < -0.39 is 4.92 Å². The van der Waals surface area contributed by atoms with Gasteiger partial charge in [-0.15, -0.1) is 0 Å². The first-order chi connectivity index (χ1) is 16.6. The molecule has 0 atom stereocenters. The smallest absolute Gasteiger partial charge is 0.269 e. The van der Waals surface area contributed by atoms with E-state index >= 15 is 0 Å². The maximum absolute atomic E-state index is 12.5. The Bertz CT molecular complexity index is 1500. The number of carbonyl (C=O) groups excluding carboxylic acids is 1. The summed E-state index contributed by atoms with van der Waals surface area (Å²) in [5.74, 6) is 0.298. The molecule has 0 spiro atoms. The standard InChI is InChI=1S/C27H18N4O3/c32-27(20-12-16-22(17-13-20)31(33)34)28-21-14-10-18(11-15-21)25-23-8-4-5-9-24(23)29-26(30-25)19-6-2-1-3-7-19/h1-17H,(H,28,32). The van der Waals surface area contributed by atoms with Crippen molar-refractivity contribution in [1.82, 2.24) is 9.97 Å².